The second-order valence-electron chi connectivity index (χ2n) is 4.94. The first-order valence-electron chi connectivity index (χ1n) is 6.56. The number of hydrogen-bond donors (Lipinski definition) is 1. The zero-order valence-corrected chi connectivity index (χ0v) is 11.3. The van der Waals surface area contributed by atoms with Crippen LogP contribution in [0.3, 0.4) is 0 Å². The van der Waals surface area contributed by atoms with Crippen molar-refractivity contribution in [3.8, 4) is 0 Å². The maximum Gasteiger partial charge on any atom is 0.0462 e. The molecule has 1 heterocycles. The second-order valence-corrected chi connectivity index (χ2v) is 4.94. The second kappa shape index (κ2) is 4.77. The van der Waals surface area contributed by atoms with Gasteiger partial charge in [-0.3, -0.25) is 0 Å². The van der Waals surface area contributed by atoms with Crippen molar-refractivity contribution >= 4 is 22.6 Å². The molecule has 19 heavy (non-hydrogen) atoms. The summed E-state index contributed by atoms with van der Waals surface area (Å²) in [6.07, 6.45) is 4.31. The monoisotopic (exact) mass is 247 g/mol. The van der Waals surface area contributed by atoms with E-state index < -0.39 is 0 Å². The van der Waals surface area contributed by atoms with Crippen molar-refractivity contribution in [3.63, 3.8) is 0 Å². The molecule has 0 amide bonds. The lowest BCUT2D eigenvalue weighted by Crippen LogP contribution is -1.83. The molecular formula is C18H17N. The van der Waals surface area contributed by atoms with Crippen molar-refractivity contribution in [2.75, 3.05) is 0 Å². The van der Waals surface area contributed by atoms with Gasteiger partial charge in [-0.1, -0.05) is 48.5 Å². The number of nitrogens with one attached hydrogen (secondary N) is 1. The van der Waals surface area contributed by atoms with Crippen LogP contribution in [0.2, 0.25) is 0 Å². The van der Waals surface area contributed by atoms with E-state index in [0.29, 0.717) is 0 Å². The molecule has 1 nitrogen and oxygen atoms in total. The molecule has 1 heteroatoms. The minimum Gasteiger partial charge on any atom is -0.361 e. The zero-order valence-electron chi connectivity index (χ0n) is 11.3. The molecule has 3 aromatic rings. The smallest absolute Gasteiger partial charge is 0.0462 e. The number of aromatic nitrogens is 1. The standard InChI is InChI=1S/C18H17N/c1-13(11-15-7-4-3-5-8-15)16-9-6-10-17-18(16)14(2)12-19-17/h3-12,19H,1-2H3/b13-11+. The topological polar surface area (TPSA) is 15.8 Å². The van der Waals surface area contributed by atoms with Crippen molar-refractivity contribution in [1.82, 2.24) is 4.98 Å². The molecule has 1 N–H and O–H groups in total. The fourth-order valence-electron chi connectivity index (χ4n) is 2.56. The summed E-state index contributed by atoms with van der Waals surface area (Å²) in [7, 11) is 0. The van der Waals surface area contributed by atoms with Crippen molar-refractivity contribution in [3.05, 3.63) is 71.4 Å². The summed E-state index contributed by atoms with van der Waals surface area (Å²) >= 11 is 0. The molecule has 1 aromatic heterocycles. The number of hydrogen-bond acceptors (Lipinski definition) is 0. The fourth-order valence-corrected chi connectivity index (χ4v) is 2.56. The van der Waals surface area contributed by atoms with Crippen LogP contribution in [0.1, 0.15) is 23.6 Å². The average Bonchev–Trinajstić information content (AvgIpc) is 2.82. The van der Waals surface area contributed by atoms with Gasteiger partial charge in [0.2, 0.25) is 0 Å². The number of allylic oxidation sites excluding steroid dienone is 1. The van der Waals surface area contributed by atoms with E-state index in [1.165, 1.54) is 33.2 Å². The number of aromatic amines is 1. The molecule has 0 saturated heterocycles. The van der Waals surface area contributed by atoms with Gasteiger partial charge in [0, 0.05) is 17.1 Å². The third-order valence-corrected chi connectivity index (χ3v) is 3.51. The molecule has 0 spiro atoms. The summed E-state index contributed by atoms with van der Waals surface area (Å²) in [6.45, 7) is 4.33. The van der Waals surface area contributed by atoms with Crippen molar-refractivity contribution < 1.29 is 0 Å². The Bertz CT molecular complexity index is 733. The van der Waals surface area contributed by atoms with E-state index in [4.69, 9.17) is 0 Å². The Balaban J connectivity index is 2.14. The summed E-state index contributed by atoms with van der Waals surface area (Å²) in [5.74, 6) is 0. The van der Waals surface area contributed by atoms with Crippen LogP contribution in [-0.2, 0) is 0 Å². The van der Waals surface area contributed by atoms with Crippen molar-refractivity contribution in [2.45, 2.75) is 13.8 Å². The highest BCUT2D eigenvalue weighted by Crippen LogP contribution is 2.28. The van der Waals surface area contributed by atoms with Gasteiger partial charge in [0.05, 0.1) is 0 Å². The van der Waals surface area contributed by atoms with Gasteiger partial charge >= 0.3 is 0 Å². The van der Waals surface area contributed by atoms with Crippen LogP contribution in [0.25, 0.3) is 22.6 Å². The number of aryl methyl sites for hydroxylation is 1. The number of H-pyrrole nitrogens is 1. The van der Waals surface area contributed by atoms with E-state index in [-0.39, 0.29) is 0 Å². The van der Waals surface area contributed by atoms with Gasteiger partial charge in [-0.25, -0.2) is 0 Å². The molecule has 0 atom stereocenters. The Kier molecular flexibility index (Phi) is 2.96. The highest BCUT2D eigenvalue weighted by Gasteiger charge is 2.06. The Morgan fingerprint density at radius 3 is 2.58 bits per heavy atom. The maximum absolute atomic E-state index is 3.32. The fraction of sp³-hybridized carbons (Fsp3) is 0.111. The summed E-state index contributed by atoms with van der Waals surface area (Å²) in [5, 5.41) is 1.33. The average molecular weight is 247 g/mol. The Hall–Kier alpha value is -2.28. The molecule has 0 bridgehead atoms. The molecule has 0 radical (unpaired) electrons. The van der Waals surface area contributed by atoms with Crippen molar-refractivity contribution in [2.24, 2.45) is 0 Å². The van der Waals surface area contributed by atoms with Gasteiger partial charge in [-0.15, -0.1) is 0 Å². The summed E-state index contributed by atoms with van der Waals surface area (Å²) in [4.78, 5) is 3.32. The number of rotatable bonds is 2. The van der Waals surface area contributed by atoms with Gasteiger partial charge in [0.1, 0.15) is 0 Å². The van der Waals surface area contributed by atoms with E-state index >= 15 is 0 Å². The first-order valence-corrected chi connectivity index (χ1v) is 6.56. The van der Waals surface area contributed by atoms with Gasteiger partial charge in [-0.2, -0.15) is 0 Å². The largest absolute Gasteiger partial charge is 0.361 e. The lowest BCUT2D eigenvalue weighted by atomic mass is 9.99. The van der Waals surface area contributed by atoms with E-state index in [0.717, 1.165) is 0 Å². The first kappa shape index (κ1) is 11.8. The first-order chi connectivity index (χ1) is 9.25. The predicted octanol–water partition coefficient (Wildman–Crippen LogP) is 5.04. The van der Waals surface area contributed by atoms with Gasteiger partial charge < -0.3 is 4.98 Å². The summed E-state index contributed by atoms with van der Waals surface area (Å²) < 4.78 is 0. The zero-order chi connectivity index (χ0) is 13.2. The van der Waals surface area contributed by atoms with Crippen LogP contribution >= 0.6 is 0 Å². The lowest BCUT2D eigenvalue weighted by Gasteiger charge is -2.05. The SMILES string of the molecule is C/C(=C\c1ccccc1)c1cccc2[nH]cc(C)c12. The molecule has 0 saturated carbocycles. The van der Waals surface area contributed by atoms with Crippen LogP contribution in [0.4, 0.5) is 0 Å². The minimum atomic E-state index is 1.20. The van der Waals surface area contributed by atoms with Gasteiger partial charge in [0.25, 0.3) is 0 Å². The van der Waals surface area contributed by atoms with E-state index in [2.05, 4.69) is 73.6 Å². The molecule has 0 aliphatic heterocycles. The Morgan fingerprint density at radius 2 is 1.79 bits per heavy atom. The van der Waals surface area contributed by atoms with E-state index in [1.807, 2.05) is 6.07 Å². The third-order valence-electron chi connectivity index (χ3n) is 3.51. The lowest BCUT2D eigenvalue weighted by molar-refractivity contribution is 1.43. The Morgan fingerprint density at radius 1 is 1.00 bits per heavy atom. The third kappa shape index (κ3) is 2.19. The predicted molar refractivity (Wildman–Crippen MR) is 83.0 cm³/mol. The van der Waals surface area contributed by atoms with Gasteiger partial charge in [0.15, 0.2) is 0 Å². The normalized spacial score (nSPS) is 12.0. The van der Waals surface area contributed by atoms with E-state index in [9.17, 15) is 0 Å². The number of benzene rings is 2. The highest BCUT2D eigenvalue weighted by atomic mass is 14.7. The van der Waals surface area contributed by atoms with Crippen LogP contribution in [-0.4, -0.2) is 4.98 Å². The highest BCUT2D eigenvalue weighted by molar-refractivity contribution is 5.97. The van der Waals surface area contributed by atoms with E-state index in [1.54, 1.807) is 0 Å². The van der Waals surface area contributed by atoms with Crippen LogP contribution in [0.15, 0.2) is 54.7 Å². The Labute approximate surface area is 113 Å². The van der Waals surface area contributed by atoms with Crippen LogP contribution in [0.5, 0.6) is 0 Å². The molecule has 0 fully saturated rings. The molecule has 3 rings (SSSR count). The van der Waals surface area contributed by atoms with Crippen LogP contribution < -0.4 is 0 Å². The quantitative estimate of drug-likeness (QED) is 0.611. The maximum atomic E-state index is 3.32. The number of fused-ring (bicyclic) bond motifs is 1. The minimum absolute atomic E-state index is 1.20. The summed E-state index contributed by atoms with van der Waals surface area (Å²) in [6, 6.07) is 16.9. The summed E-state index contributed by atoms with van der Waals surface area (Å²) in [5.41, 5.74) is 6.34. The molecular weight excluding hydrogens is 230 g/mol. The molecule has 0 aliphatic rings. The van der Waals surface area contributed by atoms with Gasteiger partial charge in [-0.05, 0) is 42.2 Å². The molecule has 0 aliphatic carbocycles. The molecule has 2 aromatic carbocycles. The molecule has 0 unspecified atom stereocenters. The van der Waals surface area contributed by atoms with Crippen molar-refractivity contribution in [1.29, 1.82) is 0 Å². The van der Waals surface area contributed by atoms with Crippen LogP contribution in [0, 0.1) is 6.92 Å². The molecule has 94 valence electrons.